The molecular formula is C12H20N2O5. The molecule has 0 radical (unpaired) electrons. The van der Waals surface area contributed by atoms with Gasteiger partial charge in [-0.3, -0.25) is 9.69 Å². The molecule has 0 spiro atoms. The maximum atomic E-state index is 11.6. The topological polar surface area (TPSA) is 88.4 Å². The summed E-state index contributed by atoms with van der Waals surface area (Å²) < 4.78 is 5.19. The number of hydrogen-bond donors (Lipinski definition) is 1. The third kappa shape index (κ3) is 6.08. The summed E-state index contributed by atoms with van der Waals surface area (Å²) in [4.78, 5) is 28.3. The van der Waals surface area contributed by atoms with Crippen LogP contribution in [0.15, 0.2) is 5.16 Å². The van der Waals surface area contributed by atoms with Crippen LogP contribution in [0, 0.1) is 0 Å². The first-order valence-electron chi connectivity index (χ1n) is 6.15. The summed E-state index contributed by atoms with van der Waals surface area (Å²) >= 11 is 0. The summed E-state index contributed by atoms with van der Waals surface area (Å²) in [5.41, 5.74) is 0.248. The van der Waals surface area contributed by atoms with E-state index >= 15 is 0 Å². The van der Waals surface area contributed by atoms with Crippen molar-refractivity contribution in [3.8, 4) is 0 Å². The number of oxime groups is 1. The van der Waals surface area contributed by atoms with Gasteiger partial charge in [0.2, 0.25) is 0 Å². The van der Waals surface area contributed by atoms with Crippen LogP contribution in [-0.2, 0) is 14.4 Å². The van der Waals surface area contributed by atoms with Gasteiger partial charge in [-0.25, -0.2) is 4.79 Å². The van der Waals surface area contributed by atoms with Crippen molar-refractivity contribution in [2.45, 2.75) is 39.2 Å². The Morgan fingerprint density at radius 3 is 2.53 bits per heavy atom. The van der Waals surface area contributed by atoms with Crippen molar-refractivity contribution in [2.24, 2.45) is 5.16 Å². The number of amides is 1. The van der Waals surface area contributed by atoms with E-state index in [2.05, 4.69) is 5.16 Å². The number of ether oxygens (including phenoxy) is 1. The molecule has 0 atom stereocenters. The second kappa shape index (κ2) is 6.40. The molecule has 0 unspecified atom stereocenters. The maximum Gasteiger partial charge on any atom is 0.410 e. The van der Waals surface area contributed by atoms with Crippen LogP contribution in [0.4, 0.5) is 4.79 Å². The van der Waals surface area contributed by atoms with E-state index < -0.39 is 11.6 Å². The summed E-state index contributed by atoms with van der Waals surface area (Å²) in [7, 11) is 0. The Hall–Kier alpha value is -1.79. The van der Waals surface area contributed by atoms with E-state index in [1.807, 2.05) is 20.8 Å². The minimum atomic E-state index is -0.851. The summed E-state index contributed by atoms with van der Waals surface area (Å²) in [6.07, 6.45) is 0.119. The zero-order valence-electron chi connectivity index (χ0n) is 11.5. The van der Waals surface area contributed by atoms with Crippen LogP contribution in [0.2, 0.25) is 0 Å². The number of hydrogen-bond acceptors (Lipinski definition) is 5. The Morgan fingerprint density at radius 2 is 2.00 bits per heavy atom. The van der Waals surface area contributed by atoms with E-state index in [1.165, 1.54) is 4.90 Å². The van der Waals surface area contributed by atoms with Crippen molar-refractivity contribution >= 4 is 17.8 Å². The van der Waals surface area contributed by atoms with Gasteiger partial charge in [0, 0.05) is 6.42 Å². The van der Waals surface area contributed by atoms with E-state index in [9.17, 15) is 9.59 Å². The van der Waals surface area contributed by atoms with Crippen molar-refractivity contribution in [1.29, 1.82) is 0 Å². The normalized spacial score (nSPS) is 14.7. The standard InChI is InChI=1S/C12H20N2O5/c1-12(2,3)19-11(17)14-7-9(8-14)13-18-6-4-5-10(15)16/h4-8H2,1-3H3,(H,15,16). The fraction of sp³-hybridized carbons (Fsp3) is 0.750. The molecule has 7 heteroatoms. The Balaban J connectivity index is 2.15. The number of nitrogens with zero attached hydrogens (tertiary/aromatic N) is 2. The summed E-state index contributed by atoms with van der Waals surface area (Å²) in [6.45, 7) is 6.49. The lowest BCUT2D eigenvalue weighted by atomic mass is 10.2. The molecule has 0 aromatic heterocycles. The molecule has 0 saturated carbocycles. The molecule has 108 valence electrons. The van der Waals surface area contributed by atoms with Gasteiger partial charge < -0.3 is 14.7 Å². The first-order chi connectivity index (χ1) is 8.78. The van der Waals surface area contributed by atoms with Gasteiger partial charge in [0.1, 0.15) is 12.2 Å². The molecule has 1 heterocycles. The van der Waals surface area contributed by atoms with E-state index in [4.69, 9.17) is 14.7 Å². The monoisotopic (exact) mass is 272 g/mol. The van der Waals surface area contributed by atoms with Gasteiger partial charge in [-0.05, 0) is 27.2 Å². The smallest absolute Gasteiger partial charge is 0.410 e. The van der Waals surface area contributed by atoms with Crippen molar-refractivity contribution in [1.82, 2.24) is 4.90 Å². The van der Waals surface area contributed by atoms with Crippen LogP contribution in [0.5, 0.6) is 0 Å². The van der Waals surface area contributed by atoms with Gasteiger partial charge in [-0.15, -0.1) is 0 Å². The molecule has 19 heavy (non-hydrogen) atoms. The summed E-state index contributed by atoms with van der Waals surface area (Å²) in [5.74, 6) is -0.851. The highest BCUT2D eigenvalue weighted by Gasteiger charge is 2.31. The van der Waals surface area contributed by atoms with E-state index in [0.717, 1.165) is 5.71 Å². The highest BCUT2D eigenvalue weighted by Crippen LogP contribution is 2.13. The predicted octanol–water partition coefficient (Wildman–Crippen LogP) is 1.47. The molecule has 1 fully saturated rings. The van der Waals surface area contributed by atoms with Crippen LogP contribution < -0.4 is 0 Å². The Kier molecular flexibility index (Phi) is 5.14. The lowest BCUT2D eigenvalue weighted by Crippen LogP contribution is -2.52. The minimum Gasteiger partial charge on any atom is -0.481 e. The fourth-order valence-corrected chi connectivity index (χ4v) is 1.33. The third-order valence-corrected chi connectivity index (χ3v) is 2.22. The van der Waals surface area contributed by atoms with Crippen molar-refractivity contribution in [2.75, 3.05) is 19.7 Å². The first-order valence-corrected chi connectivity index (χ1v) is 6.15. The lowest BCUT2D eigenvalue weighted by molar-refractivity contribution is -0.137. The highest BCUT2D eigenvalue weighted by molar-refractivity contribution is 5.98. The van der Waals surface area contributed by atoms with Gasteiger partial charge in [-0.2, -0.15) is 0 Å². The lowest BCUT2D eigenvalue weighted by Gasteiger charge is -2.33. The highest BCUT2D eigenvalue weighted by atomic mass is 16.6. The van der Waals surface area contributed by atoms with Crippen LogP contribution in [0.1, 0.15) is 33.6 Å². The molecule has 0 bridgehead atoms. The molecule has 1 rings (SSSR count). The number of carboxylic acids is 1. The van der Waals surface area contributed by atoms with Gasteiger partial charge >= 0.3 is 12.1 Å². The molecule has 1 aliphatic rings. The molecule has 1 aliphatic heterocycles. The van der Waals surface area contributed by atoms with Crippen molar-refractivity contribution < 1.29 is 24.3 Å². The van der Waals surface area contributed by atoms with Crippen molar-refractivity contribution in [3.05, 3.63) is 0 Å². The zero-order valence-corrected chi connectivity index (χ0v) is 11.5. The maximum absolute atomic E-state index is 11.6. The number of likely N-dealkylation sites (tertiary alicyclic amines) is 1. The molecule has 1 N–H and O–H groups in total. The van der Waals surface area contributed by atoms with Crippen LogP contribution in [0.25, 0.3) is 0 Å². The molecule has 0 aromatic carbocycles. The second-order valence-corrected chi connectivity index (χ2v) is 5.32. The third-order valence-electron chi connectivity index (χ3n) is 2.22. The van der Waals surface area contributed by atoms with Crippen LogP contribution in [-0.4, -0.2) is 53.1 Å². The SMILES string of the molecule is CC(C)(C)OC(=O)N1CC(=NOCCCC(=O)O)C1. The molecule has 1 saturated heterocycles. The van der Waals surface area contributed by atoms with Crippen molar-refractivity contribution in [3.63, 3.8) is 0 Å². The fourth-order valence-electron chi connectivity index (χ4n) is 1.33. The predicted molar refractivity (Wildman–Crippen MR) is 68.1 cm³/mol. The summed E-state index contributed by atoms with van der Waals surface area (Å²) in [5, 5.41) is 12.2. The molecule has 0 aliphatic carbocycles. The van der Waals surface area contributed by atoms with E-state index in [1.54, 1.807) is 0 Å². The molecule has 0 aromatic rings. The molecule has 7 nitrogen and oxygen atoms in total. The number of carbonyl (C=O) groups is 2. The molecular weight excluding hydrogens is 252 g/mol. The average molecular weight is 272 g/mol. The van der Waals surface area contributed by atoms with E-state index in [0.29, 0.717) is 19.5 Å². The van der Waals surface area contributed by atoms with Crippen LogP contribution in [0.3, 0.4) is 0 Å². The number of aliphatic carboxylic acids is 1. The minimum absolute atomic E-state index is 0.0644. The van der Waals surface area contributed by atoms with Gasteiger partial charge in [0.15, 0.2) is 0 Å². The largest absolute Gasteiger partial charge is 0.481 e. The number of rotatable bonds is 5. The average Bonchev–Trinajstić information content (AvgIpc) is 2.16. The summed E-state index contributed by atoms with van der Waals surface area (Å²) in [6, 6.07) is 0. The molecule has 1 amide bonds. The zero-order chi connectivity index (χ0) is 14.5. The van der Waals surface area contributed by atoms with Gasteiger partial charge in [0.25, 0.3) is 0 Å². The first kappa shape index (κ1) is 15.3. The second-order valence-electron chi connectivity index (χ2n) is 5.32. The van der Waals surface area contributed by atoms with E-state index in [-0.39, 0.29) is 19.1 Å². The van der Waals surface area contributed by atoms with Crippen LogP contribution >= 0.6 is 0 Å². The quantitative estimate of drug-likeness (QED) is 0.605. The Morgan fingerprint density at radius 1 is 1.37 bits per heavy atom. The Labute approximate surface area is 112 Å². The Bertz CT molecular complexity index is 365. The van der Waals surface area contributed by atoms with Gasteiger partial charge in [-0.1, -0.05) is 5.16 Å². The van der Waals surface area contributed by atoms with Gasteiger partial charge in [0.05, 0.1) is 18.8 Å². The number of carbonyl (C=O) groups excluding carboxylic acids is 1. The number of carboxylic acid groups (broad SMARTS) is 1.